The van der Waals surface area contributed by atoms with E-state index in [2.05, 4.69) is 23.1 Å². The molecule has 13 nitrogen and oxygen atoms in total. The molecule has 1 saturated carbocycles. The molecule has 4 aromatic rings. The number of nitrogens with two attached hydrogens (primary N) is 1. The highest BCUT2D eigenvalue weighted by Gasteiger charge is 2.92. The van der Waals surface area contributed by atoms with Crippen molar-refractivity contribution in [3.8, 4) is 11.8 Å². The second-order valence-corrected chi connectivity index (χ2v) is 20.8. The molecule has 2 aromatic heterocycles. The van der Waals surface area contributed by atoms with Crippen molar-refractivity contribution < 1.29 is 37.1 Å². The summed E-state index contributed by atoms with van der Waals surface area (Å²) >= 11 is 12.9. The maximum atomic E-state index is 15.1. The van der Waals surface area contributed by atoms with E-state index in [0.29, 0.717) is 34.0 Å². The van der Waals surface area contributed by atoms with E-state index >= 15 is 4.57 Å². The van der Waals surface area contributed by atoms with Crippen LogP contribution in [0.5, 0.6) is 5.75 Å². The quantitative estimate of drug-likeness (QED) is 0.0424. The molecule has 2 N–H and O–H groups in total. The number of nitrogen functional groups attached to an aromatic ring is 1. The zero-order valence-electron chi connectivity index (χ0n) is 38.4. The molecule has 0 amide bonds. The molecule has 7 atom stereocenters. The smallest absolute Gasteiger partial charge is 0.402 e. The van der Waals surface area contributed by atoms with Gasteiger partial charge in [0.2, 0.25) is 0 Å². The van der Waals surface area contributed by atoms with E-state index < -0.39 is 49.2 Å². The maximum absolute atomic E-state index is 15.1. The molecule has 4 heterocycles. The number of benzene rings is 2. The summed E-state index contributed by atoms with van der Waals surface area (Å²) < 4.78 is 62.1. The molecular weight excluding hydrogens is 888 g/mol. The van der Waals surface area contributed by atoms with Crippen LogP contribution in [0.25, 0.3) is 5.52 Å². The van der Waals surface area contributed by atoms with Crippen LogP contribution in [0.1, 0.15) is 160 Å². The number of hydrogen-bond donors (Lipinski definition) is 1. The number of nitriles is 1. The lowest BCUT2D eigenvalue weighted by molar-refractivity contribution is -0.186. The Balaban J connectivity index is 0.998. The van der Waals surface area contributed by atoms with Crippen molar-refractivity contribution in [2.45, 2.75) is 185 Å². The van der Waals surface area contributed by atoms with Crippen molar-refractivity contribution in [1.29, 1.82) is 5.26 Å². The van der Waals surface area contributed by atoms with E-state index in [9.17, 15) is 5.26 Å². The van der Waals surface area contributed by atoms with Gasteiger partial charge >= 0.3 is 7.82 Å². The molecule has 2 aromatic carbocycles. The highest BCUT2D eigenvalue weighted by Crippen LogP contribution is 2.74. The van der Waals surface area contributed by atoms with E-state index in [1.165, 1.54) is 89.8 Å². The standard InChI is InChI=1S/C49H66Cl2N5O8P/c1-5-6-7-8-9-10-11-12-13-14-15-16-17-18-19-20-23-38(58-32-36-28-35(31-52)29-37(50)30-36)33-59-65(57,62-42-25-22-21-24-39(42)51)63-46-48(4)49(46)44(61-47(2,3)64-49)43(60-48)40-26-27-41-45(53)54-34-55-56(40)41/h21-22,24-30,34,38,43-44,46H,5-20,23,32-33H2,1-4H3,(H2,53,54,55)/t38-,43-,44-,46?,48+,49+,65?/m0/s1. The number of phosphoric ester groups is 1. The van der Waals surface area contributed by atoms with Crippen LogP contribution in [0, 0.1) is 11.3 Å². The minimum Gasteiger partial charge on any atom is -0.402 e. The Bertz CT molecular complexity index is 2290. The molecule has 1 aliphatic carbocycles. The number of nitrogens with zero attached hydrogens (tertiary/aromatic N) is 4. The molecule has 2 aliphatic heterocycles. The third-order valence-electron chi connectivity index (χ3n) is 12.9. The zero-order chi connectivity index (χ0) is 46.1. The zero-order valence-corrected chi connectivity index (χ0v) is 40.8. The lowest BCUT2D eigenvalue weighted by Gasteiger charge is -2.27. The fourth-order valence-corrected chi connectivity index (χ4v) is 11.5. The number of ether oxygens (including phenoxy) is 4. The monoisotopic (exact) mass is 953 g/mol. The number of unbranched alkanes of at least 4 members (excludes halogenated alkanes) is 15. The van der Waals surface area contributed by atoms with Gasteiger partial charge in [-0.05, 0) is 75.2 Å². The Labute approximate surface area is 394 Å². The predicted molar refractivity (Wildman–Crippen MR) is 252 cm³/mol. The van der Waals surface area contributed by atoms with Crippen molar-refractivity contribution in [3.63, 3.8) is 0 Å². The van der Waals surface area contributed by atoms with Crippen LogP contribution in [0.2, 0.25) is 10.0 Å². The molecule has 3 fully saturated rings. The summed E-state index contributed by atoms with van der Waals surface area (Å²) in [6, 6.07) is 17.7. The van der Waals surface area contributed by atoms with Gasteiger partial charge in [-0.2, -0.15) is 10.4 Å². The topological polar surface area (TPSA) is 162 Å². The maximum Gasteiger partial charge on any atom is 0.530 e. The van der Waals surface area contributed by atoms with Gasteiger partial charge in [0.1, 0.15) is 41.5 Å². The second kappa shape index (κ2) is 22.2. The van der Waals surface area contributed by atoms with Gasteiger partial charge in [0, 0.05) is 5.02 Å². The third-order valence-corrected chi connectivity index (χ3v) is 14.8. The number of para-hydroxylation sites is 1. The summed E-state index contributed by atoms with van der Waals surface area (Å²) in [4.78, 5) is 4.12. The van der Waals surface area contributed by atoms with Crippen LogP contribution in [0.3, 0.4) is 0 Å². The highest BCUT2D eigenvalue weighted by molar-refractivity contribution is 7.49. The van der Waals surface area contributed by atoms with Gasteiger partial charge in [-0.25, -0.2) is 14.1 Å². The number of aromatic nitrogens is 3. The van der Waals surface area contributed by atoms with Crippen LogP contribution < -0.4 is 10.3 Å². The average Bonchev–Trinajstić information content (AvgIpc) is 3.66. The molecule has 16 heteroatoms. The minimum atomic E-state index is -4.51. The Morgan fingerprint density at radius 2 is 1.55 bits per heavy atom. The summed E-state index contributed by atoms with van der Waals surface area (Å²) in [7, 11) is -4.51. The third kappa shape index (κ3) is 11.9. The van der Waals surface area contributed by atoms with Gasteiger partial charge in [-0.3, -0.25) is 9.05 Å². The van der Waals surface area contributed by atoms with Crippen molar-refractivity contribution in [2.24, 2.45) is 0 Å². The van der Waals surface area contributed by atoms with Crippen LogP contribution >= 0.6 is 31.0 Å². The van der Waals surface area contributed by atoms with E-state index in [4.69, 9.17) is 61.5 Å². The number of fused-ring (bicyclic) bond motifs is 1. The summed E-state index contributed by atoms with van der Waals surface area (Å²) in [5.74, 6) is -0.591. The fraction of sp³-hybridized carbons (Fsp3) is 0.612. The largest absolute Gasteiger partial charge is 0.530 e. The average molecular weight is 955 g/mol. The molecule has 2 saturated heterocycles. The normalized spacial score (nSPS) is 24.4. The number of phosphoric acid groups is 1. The van der Waals surface area contributed by atoms with Gasteiger partial charge in [0.15, 0.2) is 17.2 Å². The molecule has 2 unspecified atom stereocenters. The van der Waals surface area contributed by atoms with Crippen LogP contribution in [-0.4, -0.2) is 56.5 Å². The molecule has 0 radical (unpaired) electrons. The first-order chi connectivity index (χ1) is 31.3. The van der Waals surface area contributed by atoms with E-state index in [1.807, 2.05) is 32.9 Å². The second-order valence-electron chi connectivity index (χ2n) is 18.4. The van der Waals surface area contributed by atoms with Crippen molar-refractivity contribution in [2.75, 3.05) is 12.3 Å². The predicted octanol–water partition coefficient (Wildman–Crippen LogP) is 13.0. The molecule has 65 heavy (non-hydrogen) atoms. The Morgan fingerprint density at radius 3 is 2.22 bits per heavy atom. The number of halogens is 2. The summed E-state index contributed by atoms with van der Waals surface area (Å²) in [6.45, 7) is 7.78. The van der Waals surface area contributed by atoms with Crippen LogP contribution in [0.15, 0.2) is 60.9 Å². The SMILES string of the molecule is CCCCCCCCCCCCCCCCCC[C@@H](COP(=O)(Oc1ccccc1Cl)OC1[C@@]2(C)O[C@@H](c3ccc4c(N)ncnn34)[C@@H]3OC(C)(C)O[C@@]132)OCc1cc(Cl)cc(C#N)c1. The first kappa shape index (κ1) is 49.6. The number of hydrogen-bond acceptors (Lipinski definition) is 12. The Morgan fingerprint density at radius 1 is 0.892 bits per heavy atom. The van der Waals surface area contributed by atoms with Gasteiger partial charge in [-0.15, -0.1) is 0 Å². The first-order valence-corrected chi connectivity index (χ1v) is 25.9. The Hall–Kier alpha value is -3.28. The summed E-state index contributed by atoms with van der Waals surface area (Å²) in [6.07, 6.45) is 19.5. The molecular formula is C49H66Cl2N5O8P. The van der Waals surface area contributed by atoms with Crippen LogP contribution in [0.4, 0.5) is 5.82 Å². The molecule has 0 bridgehead atoms. The minimum absolute atomic E-state index is 0.125. The summed E-state index contributed by atoms with van der Waals surface area (Å²) in [5.41, 5.74) is 6.31. The highest BCUT2D eigenvalue weighted by atomic mass is 35.5. The van der Waals surface area contributed by atoms with Gasteiger partial charge in [-0.1, -0.05) is 145 Å². The molecule has 1 spiro atoms. The lowest BCUT2D eigenvalue weighted by atomic mass is 10.0. The molecule has 3 aliphatic rings. The van der Waals surface area contributed by atoms with E-state index in [-0.39, 0.29) is 24.0 Å². The molecule has 7 rings (SSSR count). The number of anilines is 1. The first-order valence-electron chi connectivity index (χ1n) is 23.6. The Kier molecular flexibility index (Phi) is 17.0. The van der Waals surface area contributed by atoms with Crippen molar-refractivity contribution >= 4 is 42.4 Å². The molecule has 354 valence electrons. The van der Waals surface area contributed by atoms with Gasteiger partial charge in [0.05, 0.1) is 41.7 Å². The van der Waals surface area contributed by atoms with Crippen molar-refractivity contribution in [1.82, 2.24) is 14.6 Å². The number of rotatable bonds is 28. The van der Waals surface area contributed by atoms with Gasteiger partial charge < -0.3 is 29.2 Å². The van der Waals surface area contributed by atoms with Gasteiger partial charge in [0.25, 0.3) is 0 Å². The summed E-state index contributed by atoms with van der Waals surface area (Å²) in [5, 5.41) is 14.7. The van der Waals surface area contributed by atoms with E-state index in [1.54, 1.807) is 47.0 Å². The lowest BCUT2D eigenvalue weighted by Crippen LogP contribution is -2.33. The van der Waals surface area contributed by atoms with E-state index in [0.717, 1.165) is 24.8 Å². The fourth-order valence-electron chi connectivity index (χ4n) is 9.53. The van der Waals surface area contributed by atoms with Crippen LogP contribution in [-0.2, 0) is 39.2 Å². The van der Waals surface area contributed by atoms with Crippen molar-refractivity contribution in [3.05, 3.63) is 87.8 Å².